The van der Waals surface area contributed by atoms with Crippen LogP contribution >= 0.6 is 0 Å². The van der Waals surface area contributed by atoms with Crippen LogP contribution in [-0.2, 0) is 4.79 Å². The molecule has 0 aromatic carbocycles. The van der Waals surface area contributed by atoms with E-state index < -0.39 is 0 Å². The molecule has 2 saturated heterocycles. The maximum absolute atomic E-state index is 13.2. The average Bonchev–Trinajstić information content (AvgIpc) is 3.01. The summed E-state index contributed by atoms with van der Waals surface area (Å²) in [5.41, 5.74) is -0.221. The fraction of sp³-hybridized carbons (Fsp3) is 0.941. The van der Waals surface area contributed by atoms with Crippen LogP contribution in [0.4, 0.5) is 0 Å². The molecule has 2 aliphatic heterocycles. The Hall–Kier alpha value is -0.610. The lowest BCUT2D eigenvalue weighted by Gasteiger charge is -2.42. The van der Waals surface area contributed by atoms with E-state index in [0.29, 0.717) is 23.9 Å². The van der Waals surface area contributed by atoms with Gasteiger partial charge in [-0.2, -0.15) is 0 Å². The molecule has 0 radical (unpaired) electrons. The second-order valence-electron chi connectivity index (χ2n) is 7.84. The molecule has 3 aliphatic rings. The third-order valence-electron chi connectivity index (χ3n) is 6.03. The van der Waals surface area contributed by atoms with E-state index in [1.165, 1.54) is 12.8 Å². The van der Waals surface area contributed by atoms with E-state index >= 15 is 0 Å². The number of hydrogen-bond acceptors (Lipinski definition) is 3. The van der Waals surface area contributed by atoms with Crippen LogP contribution in [0.25, 0.3) is 0 Å². The summed E-state index contributed by atoms with van der Waals surface area (Å²) in [5.74, 6) is 0.879. The van der Waals surface area contributed by atoms with Gasteiger partial charge in [-0.3, -0.25) is 10.1 Å². The lowest BCUT2D eigenvalue weighted by molar-refractivity contribution is -0.137. The second-order valence-corrected chi connectivity index (χ2v) is 7.84. The van der Waals surface area contributed by atoms with Gasteiger partial charge in [-0.15, -0.1) is 0 Å². The van der Waals surface area contributed by atoms with Gasteiger partial charge < -0.3 is 9.80 Å². The van der Waals surface area contributed by atoms with Crippen molar-refractivity contribution in [2.45, 2.75) is 83.1 Å². The SMILES string of the molecule is CC(C)C1NC2(CCCC2)C(=O)N1C1CCN(C)C(C)C1. The van der Waals surface area contributed by atoms with E-state index in [0.717, 1.165) is 32.2 Å². The lowest BCUT2D eigenvalue weighted by atomic mass is 9.94. The van der Waals surface area contributed by atoms with Gasteiger partial charge in [0.15, 0.2) is 0 Å². The van der Waals surface area contributed by atoms with E-state index in [1.54, 1.807) is 0 Å². The molecular formula is C17H31N3O. The van der Waals surface area contributed by atoms with Crippen molar-refractivity contribution in [2.75, 3.05) is 13.6 Å². The average molecular weight is 293 g/mol. The van der Waals surface area contributed by atoms with E-state index in [2.05, 4.69) is 42.9 Å². The van der Waals surface area contributed by atoms with Crippen molar-refractivity contribution in [3.63, 3.8) is 0 Å². The van der Waals surface area contributed by atoms with Crippen LogP contribution in [0.15, 0.2) is 0 Å². The normalized spacial score (nSPS) is 37.1. The van der Waals surface area contributed by atoms with Gasteiger partial charge in [0, 0.05) is 18.6 Å². The molecule has 3 unspecified atom stereocenters. The number of carbonyl (C=O) groups is 1. The summed E-state index contributed by atoms with van der Waals surface area (Å²) in [4.78, 5) is 17.8. The highest BCUT2D eigenvalue weighted by Gasteiger charge is 2.54. The highest BCUT2D eigenvalue weighted by atomic mass is 16.2. The van der Waals surface area contributed by atoms with Gasteiger partial charge in [-0.1, -0.05) is 26.7 Å². The topological polar surface area (TPSA) is 35.6 Å². The molecule has 1 aliphatic carbocycles. The molecule has 0 aromatic heterocycles. The van der Waals surface area contributed by atoms with E-state index in [4.69, 9.17) is 0 Å². The van der Waals surface area contributed by atoms with Crippen molar-refractivity contribution in [2.24, 2.45) is 5.92 Å². The third-order valence-corrected chi connectivity index (χ3v) is 6.03. The Kier molecular flexibility index (Phi) is 4.04. The summed E-state index contributed by atoms with van der Waals surface area (Å²) >= 11 is 0. The van der Waals surface area contributed by atoms with E-state index in [9.17, 15) is 4.79 Å². The van der Waals surface area contributed by atoms with Crippen molar-refractivity contribution < 1.29 is 4.79 Å². The Balaban J connectivity index is 1.83. The number of piperidine rings is 1. The first-order valence-electron chi connectivity index (χ1n) is 8.75. The standard InChI is InChI=1S/C17H31N3O/c1-12(2)15-18-17(8-5-6-9-17)16(21)20(15)14-7-10-19(4)13(3)11-14/h12-15,18H,5-11H2,1-4H3. The molecule has 0 aromatic rings. The smallest absolute Gasteiger partial charge is 0.244 e. The van der Waals surface area contributed by atoms with Gasteiger partial charge in [0.05, 0.1) is 11.7 Å². The second kappa shape index (κ2) is 5.54. The highest BCUT2D eigenvalue weighted by molar-refractivity contribution is 5.89. The number of likely N-dealkylation sites (tertiary alicyclic amines) is 1. The molecule has 1 N–H and O–H groups in total. The summed E-state index contributed by atoms with van der Waals surface area (Å²) in [6, 6.07) is 0.994. The molecule has 1 saturated carbocycles. The molecular weight excluding hydrogens is 262 g/mol. The molecule has 120 valence electrons. The molecule has 2 heterocycles. The van der Waals surface area contributed by atoms with Gasteiger partial charge in [-0.25, -0.2) is 0 Å². The van der Waals surface area contributed by atoms with Crippen molar-refractivity contribution in [1.82, 2.24) is 15.1 Å². The van der Waals surface area contributed by atoms with E-state index in [-0.39, 0.29) is 11.7 Å². The van der Waals surface area contributed by atoms with E-state index in [1.807, 2.05) is 0 Å². The van der Waals surface area contributed by atoms with Crippen LogP contribution in [0.3, 0.4) is 0 Å². The van der Waals surface area contributed by atoms with Crippen molar-refractivity contribution in [3.05, 3.63) is 0 Å². The molecule has 0 bridgehead atoms. The zero-order valence-electron chi connectivity index (χ0n) is 14.1. The van der Waals surface area contributed by atoms with Gasteiger partial charge in [0.25, 0.3) is 0 Å². The number of amides is 1. The first-order valence-corrected chi connectivity index (χ1v) is 8.75. The predicted octanol–water partition coefficient (Wildman–Crippen LogP) is 2.20. The number of nitrogens with one attached hydrogen (secondary N) is 1. The van der Waals surface area contributed by atoms with Gasteiger partial charge in [0.2, 0.25) is 5.91 Å². The molecule has 1 amide bonds. The Labute approximate surface area is 129 Å². The molecule has 3 atom stereocenters. The Morgan fingerprint density at radius 3 is 2.52 bits per heavy atom. The van der Waals surface area contributed by atoms with Crippen molar-refractivity contribution in [3.8, 4) is 0 Å². The van der Waals surface area contributed by atoms with Gasteiger partial charge in [-0.05, 0) is 45.6 Å². The van der Waals surface area contributed by atoms with Crippen LogP contribution in [0.1, 0.15) is 59.3 Å². The number of rotatable bonds is 2. The van der Waals surface area contributed by atoms with Crippen LogP contribution in [-0.4, -0.2) is 53.1 Å². The maximum Gasteiger partial charge on any atom is 0.244 e. The molecule has 3 rings (SSSR count). The minimum absolute atomic E-state index is 0.221. The largest absolute Gasteiger partial charge is 0.322 e. The molecule has 4 heteroatoms. The van der Waals surface area contributed by atoms with Crippen molar-refractivity contribution >= 4 is 5.91 Å². The zero-order valence-corrected chi connectivity index (χ0v) is 14.1. The predicted molar refractivity (Wildman–Crippen MR) is 84.9 cm³/mol. The van der Waals surface area contributed by atoms with Crippen LogP contribution < -0.4 is 5.32 Å². The van der Waals surface area contributed by atoms with Gasteiger partial charge in [0.1, 0.15) is 0 Å². The van der Waals surface area contributed by atoms with Crippen LogP contribution in [0.2, 0.25) is 0 Å². The number of nitrogens with zero attached hydrogens (tertiary/aromatic N) is 2. The summed E-state index contributed by atoms with van der Waals surface area (Å²) < 4.78 is 0. The summed E-state index contributed by atoms with van der Waals surface area (Å²) in [6.45, 7) is 7.87. The molecule has 21 heavy (non-hydrogen) atoms. The van der Waals surface area contributed by atoms with Crippen LogP contribution in [0.5, 0.6) is 0 Å². The molecule has 1 spiro atoms. The number of carbonyl (C=O) groups excluding carboxylic acids is 1. The molecule has 4 nitrogen and oxygen atoms in total. The minimum Gasteiger partial charge on any atom is -0.322 e. The lowest BCUT2D eigenvalue weighted by Crippen LogP contribution is -2.53. The fourth-order valence-electron chi connectivity index (χ4n) is 4.52. The van der Waals surface area contributed by atoms with Gasteiger partial charge >= 0.3 is 0 Å². The first-order chi connectivity index (χ1) is 9.94. The fourth-order valence-corrected chi connectivity index (χ4v) is 4.52. The summed E-state index contributed by atoms with van der Waals surface area (Å²) in [6.07, 6.45) is 6.93. The minimum atomic E-state index is -0.221. The zero-order chi connectivity index (χ0) is 15.2. The third kappa shape index (κ3) is 2.50. The van der Waals surface area contributed by atoms with Crippen LogP contribution in [0, 0.1) is 5.92 Å². The first kappa shape index (κ1) is 15.3. The molecule has 3 fully saturated rings. The highest BCUT2D eigenvalue weighted by Crippen LogP contribution is 2.40. The summed E-state index contributed by atoms with van der Waals surface area (Å²) in [5, 5.41) is 3.75. The maximum atomic E-state index is 13.2. The monoisotopic (exact) mass is 293 g/mol. The van der Waals surface area contributed by atoms with Crippen molar-refractivity contribution in [1.29, 1.82) is 0 Å². The summed E-state index contributed by atoms with van der Waals surface area (Å²) in [7, 11) is 2.20. The Bertz CT molecular complexity index is 403. The Morgan fingerprint density at radius 2 is 1.95 bits per heavy atom. The number of hydrogen-bond donors (Lipinski definition) is 1. The quantitative estimate of drug-likeness (QED) is 0.848. The Morgan fingerprint density at radius 1 is 1.29 bits per heavy atom.